The Hall–Kier alpha value is -1.38. The molecule has 0 aromatic rings. The molecule has 1 heterocycles. The normalized spacial score (nSPS) is 20.4. The third kappa shape index (κ3) is 8.49. The molecule has 120 valence electrons. The SMILES string of the molecule is CC[C@H](C)[C@H](N)C(=O)C1NCCS1.O=C(O)/C=C/C(=O)O. The maximum atomic E-state index is 11.7. The van der Waals surface area contributed by atoms with Gasteiger partial charge in [0, 0.05) is 24.4 Å². The number of nitrogens with two attached hydrogens (primary N) is 1. The van der Waals surface area contributed by atoms with Crippen LogP contribution in [0.15, 0.2) is 12.2 Å². The van der Waals surface area contributed by atoms with Crippen molar-refractivity contribution >= 4 is 29.5 Å². The average Bonchev–Trinajstić information content (AvgIpc) is 2.97. The number of carbonyl (C=O) groups excluding carboxylic acids is 1. The summed E-state index contributed by atoms with van der Waals surface area (Å²) >= 11 is 1.67. The maximum Gasteiger partial charge on any atom is 0.328 e. The molecule has 0 amide bonds. The quantitative estimate of drug-likeness (QED) is 0.515. The summed E-state index contributed by atoms with van der Waals surface area (Å²) in [6, 6.07) is -0.298. The summed E-state index contributed by atoms with van der Waals surface area (Å²) in [6.45, 7) is 5.02. The highest BCUT2D eigenvalue weighted by Crippen LogP contribution is 2.18. The molecular weight excluding hydrogens is 296 g/mol. The minimum atomic E-state index is -1.26. The van der Waals surface area contributed by atoms with Gasteiger partial charge in [0.05, 0.1) is 6.04 Å². The lowest BCUT2D eigenvalue weighted by Gasteiger charge is -2.19. The van der Waals surface area contributed by atoms with Crippen molar-refractivity contribution < 1.29 is 24.6 Å². The lowest BCUT2D eigenvalue weighted by atomic mass is 9.96. The van der Waals surface area contributed by atoms with E-state index in [-0.39, 0.29) is 23.1 Å². The van der Waals surface area contributed by atoms with Crippen molar-refractivity contribution in [2.75, 3.05) is 12.3 Å². The molecular formula is C13H22N2O5S. The molecule has 0 aliphatic carbocycles. The number of carbonyl (C=O) groups is 3. The topological polar surface area (TPSA) is 130 Å². The second kappa shape index (κ2) is 10.4. The zero-order valence-corrected chi connectivity index (χ0v) is 12.9. The van der Waals surface area contributed by atoms with E-state index in [1.54, 1.807) is 11.8 Å². The number of thioether (sulfide) groups is 1. The highest BCUT2D eigenvalue weighted by molar-refractivity contribution is 8.00. The monoisotopic (exact) mass is 318 g/mol. The summed E-state index contributed by atoms with van der Waals surface area (Å²) in [5.41, 5.74) is 5.85. The van der Waals surface area contributed by atoms with Gasteiger partial charge < -0.3 is 15.9 Å². The van der Waals surface area contributed by atoms with E-state index in [0.717, 1.165) is 18.7 Å². The molecule has 21 heavy (non-hydrogen) atoms. The number of Topliss-reactive ketones (excluding diaryl/α,β-unsaturated/α-hetero) is 1. The molecule has 1 rings (SSSR count). The van der Waals surface area contributed by atoms with E-state index in [0.29, 0.717) is 12.2 Å². The lowest BCUT2D eigenvalue weighted by Crippen LogP contribution is -2.45. The summed E-state index contributed by atoms with van der Waals surface area (Å²) in [6.07, 6.45) is 2.08. The Morgan fingerprint density at radius 2 is 1.86 bits per heavy atom. The van der Waals surface area contributed by atoms with E-state index in [1.165, 1.54) is 0 Å². The van der Waals surface area contributed by atoms with Crippen molar-refractivity contribution in [3.05, 3.63) is 12.2 Å². The minimum Gasteiger partial charge on any atom is -0.478 e. The van der Waals surface area contributed by atoms with Crippen molar-refractivity contribution in [2.24, 2.45) is 11.7 Å². The van der Waals surface area contributed by atoms with E-state index in [1.807, 2.05) is 6.92 Å². The number of rotatable bonds is 6. The highest BCUT2D eigenvalue weighted by Gasteiger charge is 2.29. The summed E-state index contributed by atoms with van der Waals surface area (Å²) in [4.78, 5) is 30.8. The molecule has 3 atom stereocenters. The number of aliphatic carboxylic acids is 2. The van der Waals surface area contributed by atoms with Gasteiger partial charge in [-0.05, 0) is 5.92 Å². The van der Waals surface area contributed by atoms with Crippen molar-refractivity contribution in [2.45, 2.75) is 31.7 Å². The van der Waals surface area contributed by atoms with Gasteiger partial charge in [-0.25, -0.2) is 9.59 Å². The fourth-order valence-corrected chi connectivity index (χ4v) is 2.49. The van der Waals surface area contributed by atoms with Crippen molar-refractivity contribution in [3.8, 4) is 0 Å². The third-order valence-electron chi connectivity index (χ3n) is 2.93. The third-order valence-corrected chi connectivity index (χ3v) is 4.10. The molecule has 0 bridgehead atoms. The molecule has 1 aliphatic heterocycles. The summed E-state index contributed by atoms with van der Waals surface area (Å²) in [7, 11) is 0. The van der Waals surface area contributed by atoms with Gasteiger partial charge in [-0.3, -0.25) is 10.1 Å². The lowest BCUT2D eigenvalue weighted by molar-refractivity contribution is -0.134. The molecule has 0 aromatic heterocycles. The van der Waals surface area contributed by atoms with E-state index in [9.17, 15) is 14.4 Å². The van der Waals surface area contributed by atoms with Crippen LogP contribution in [0.3, 0.4) is 0 Å². The molecule has 0 spiro atoms. The van der Waals surface area contributed by atoms with Gasteiger partial charge >= 0.3 is 11.9 Å². The van der Waals surface area contributed by atoms with Crippen LogP contribution in [0.2, 0.25) is 0 Å². The molecule has 7 nitrogen and oxygen atoms in total. The first-order valence-electron chi connectivity index (χ1n) is 6.57. The maximum absolute atomic E-state index is 11.7. The van der Waals surface area contributed by atoms with Crippen LogP contribution < -0.4 is 11.1 Å². The molecule has 0 aromatic carbocycles. The van der Waals surface area contributed by atoms with Gasteiger partial charge in [0.25, 0.3) is 0 Å². The van der Waals surface area contributed by atoms with E-state index in [2.05, 4.69) is 12.2 Å². The molecule has 8 heteroatoms. The van der Waals surface area contributed by atoms with Crippen LogP contribution in [0.1, 0.15) is 20.3 Å². The first kappa shape index (κ1) is 19.6. The molecule has 5 N–H and O–H groups in total. The largest absolute Gasteiger partial charge is 0.478 e. The van der Waals surface area contributed by atoms with Crippen LogP contribution in [0.5, 0.6) is 0 Å². The molecule has 0 radical (unpaired) electrons. The minimum absolute atomic E-state index is 0.0519. The molecule has 1 saturated heterocycles. The van der Waals surface area contributed by atoms with Crippen LogP contribution in [-0.4, -0.2) is 51.6 Å². The van der Waals surface area contributed by atoms with Crippen LogP contribution in [0.4, 0.5) is 0 Å². The summed E-state index contributed by atoms with van der Waals surface area (Å²) < 4.78 is 0. The second-order valence-corrected chi connectivity index (χ2v) is 5.74. The Bertz CT molecular complexity index is 378. The number of nitrogens with one attached hydrogen (secondary N) is 1. The molecule has 1 unspecified atom stereocenters. The summed E-state index contributed by atoms with van der Waals surface area (Å²) in [5.74, 6) is -1.05. The Kier molecular flexibility index (Phi) is 9.68. The van der Waals surface area contributed by atoms with Crippen LogP contribution in [-0.2, 0) is 14.4 Å². The fraction of sp³-hybridized carbons (Fsp3) is 0.615. The van der Waals surface area contributed by atoms with E-state index < -0.39 is 11.9 Å². The number of hydrogen-bond donors (Lipinski definition) is 4. The predicted octanol–water partition coefficient (Wildman–Crippen LogP) is 0.303. The van der Waals surface area contributed by atoms with E-state index in [4.69, 9.17) is 15.9 Å². The average molecular weight is 318 g/mol. The van der Waals surface area contributed by atoms with Crippen molar-refractivity contribution in [1.82, 2.24) is 5.32 Å². The molecule has 1 aliphatic rings. The standard InChI is InChI=1S/C9H18N2OS.C4H4O4/c1-3-6(2)7(10)8(12)9-11-4-5-13-9;5-3(6)1-2-4(7)8/h6-7,9,11H,3-5,10H2,1-2H3;1-2H,(H,5,6)(H,7,8)/b;2-1+/t6-,7-,9?;/m0./s1. The number of carboxylic acids is 2. The Morgan fingerprint density at radius 3 is 2.19 bits per heavy atom. The Labute approximate surface area is 128 Å². The zero-order chi connectivity index (χ0) is 16.4. The van der Waals surface area contributed by atoms with Gasteiger partial charge in [0.1, 0.15) is 5.37 Å². The van der Waals surface area contributed by atoms with Gasteiger partial charge in [-0.15, -0.1) is 11.8 Å². The number of carboxylic acid groups (broad SMARTS) is 2. The number of ketones is 1. The first-order chi connectivity index (χ1) is 9.79. The molecule has 1 fully saturated rings. The molecule has 0 saturated carbocycles. The Balaban J connectivity index is 0.000000433. The van der Waals surface area contributed by atoms with Crippen LogP contribution in [0, 0.1) is 5.92 Å². The first-order valence-corrected chi connectivity index (χ1v) is 7.62. The van der Waals surface area contributed by atoms with Crippen molar-refractivity contribution in [3.63, 3.8) is 0 Å². The van der Waals surface area contributed by atoms with Crippen LogP contribution >= 0.6 is 11.8 Å². The summed E-state index contributed by atoms with van der Waals surface area (Å²) in [5, 5.41) is 18.7. The van der Waals surface area contributed by atoms with Crippen LogP contribution in [0.25, 0.3) is 0 Å². The van der Waals surface area contributed by atoms with Gasteiger partial charge in [0.2, 0.25) is 0 Å². The van der Waals surface area contributed by atoms with Gasteiger partial charge in [-0.2, -0.15) is 0 Å². The smallest absolute Gasteiger partial charge is 0.328 e. The fourth-order valence-electron chi connectivity index (χ4n) is 1.46. The second-order valence-electron chi connectivity index (χ2n) is 4.53. The van der Waals surface area contributed by atoms with Crippen molar-refractivity contribution in [1.29, 1.82) is 0 Å². The Morgan fingerprint density at radius 1 is 1.33 bits per heavy atom. The number of hydrogen-bond acceptors (Lipinski definition) is 6. The van der Waals surface area contributed by atoms with Gasteiger partial charge in [-0.1, -0.05) is 20.3 Å². The predicted molar refractivity (Wildman–Crippen MR) is 81.1 cm³/mol. The van der Waals surface area contributed by atoms with Gasteiger partial charge in [0.15, 0.2) is 5.78 Å². The zero-order valence-electron chi connectivity index (χ0n) is 12.1. The highest BCUT2D eigenvalue weighted by atomic mass is 32.2. The van der Waals surface area contributed by atoms with E-state index >= 15 is 0 Å².